The van der Waals surface area contributed by atoms with Crippen LogP contribution in [0.5, 0.6) is 0 Å². The Morgan fingerprint density at radius 2 is 1.82 bits per heavy atom. The lowest BCUT2D eigenvalue weighted by Crippen LogP contribution is -2.38. The van der Waals surface area contributed by atoms with Crippen molar-refractivity contribution in [2.75, 3.05) is 6.54 Å². The zero-order valence-corrected chi connectivity index (χ0v) is 12.2. The largest absolute Gasteiger partial charge is 0.330 e. The number of rotatable bonds is 2. The van der Waals surface area contributed by atoms with E-state index in [4.69, 9.17) is 5.73 Å². The Morgan fingerprint density at radius 3 is 2.35 bits per heavy atom. The average Bonchev–Trinajstić information content (AvgIpc) is 2.34. The van der Waals surface area contributed by atoms with Gasteiger partial charge in [0, 0.05) is 0 Å². The van der Waals surface area contributed by atoms with Gasteiger partial charge in [0.1, 0.15) is 0 Å². The van der Waals surface area contributed by atoms with E-state index in [0.717, 1.165) is 6.54 Å². The van der Waals surface area contributed by atoms with Crippen molar-refractivity contribution >= 4 is 14.5 Å². The first-order valence-corrected chi connectivity index (χ1v) is 7.11. The summed E-state index contributed by atoms with van der Waals surface area (Å²) in [5, 5.41) is 1.29. The summed E-state index contributed by atoms with van der Waals surface area (Å²) < 4.78 is 0. The third-order valence-electron chi connectivity index (χ3n) is 4.64. The molecule has 1 aliphatic rings. The highest BCUT2D eigenvalue weighted by Gasteiger charge is 2.37. The Morgan fingerprint density at radius 1 is 1.18 bits per heavy atom. The molecule has 0 aliphatic heterocycles. The van der Waals surface area contributed by atoms with Crippen molar-refractivity contribution in [3.05, 3.63) is 29.8 Å². The maximum atomic E-state index is 5.89. The summed E-state index contributed by atoms with van der Waals surface area (Å²) in [5.74, 6) is 0. The quantitative estimate of drug-likeness (QED) is 0.801. The standard InChI is InChI=1S/C15H24NP/c1-14(11-16)6-8-15(2,9-7-14)12-4-3-5-13(17)10-12/h3-5,10H,6-9,11,16-17H2,1-2H3. The van der Waals surface area contributed by atoms with Crippen molar-refractivity contribution in [1.29, 1.82) is 0 Å². The molecule has 17 heavy (non-hydrogen) atoms. The summed E-state index contributed by atoms with van der Waals surface area (Å²) in [5.41, 5.74) is 8.10. The first-order chi connectivity index (χ1) is 7.97. The van der Waals surface area contributed by atoms with Gasteiger partial charge in [-0.25, -0.2) is 0 Å². The van der Waals surface area contributed by atoms with E-state index in [1.165, 1.54) is 36.6 Å². The SMILES string of the molecule is CC1(CN)CCC(C)(c2cccc(P)c2)CC1. The Balaban J connectivity index is 2.17. The van der Waals surface area contributed by atoms with E-state index in [1.54, 1.807) is 0 Å². The van der Waals surface area contributed by atoms with Crippen molar-refractivity contribution in [2.45, 2.75) is 44.9 Å². The van der Waals surface area contributed by atoms with Crippen molar-refractivity contribution in [3.63, 3.8) is 0 Å². The van der Waals surface area contributed by atoms with Crippen LogP contribution in [0, 0.1) is 5.41 Å². The molecule has 2 heteroatoms. The lowest BCUT2D eigenvalue weighted by molar-refractivity contribution is 0.161. The Labute approximate surface area is 107 Å². The second-order valence-electron chi connectivity index (χ2n) is 6.20. The van der Waals surface area contributed by atoms with Gasteiger partial charge < -0.3 is 5.73 Å². The van der Waals surface area contributed by atoms with Crippen LogP contribution in [0.1, 0.15) is 45.1 Å². The van der Waals surface area contributed by atoms with Gasteiger partial charge in [0.15, 0.2) is 0 Å². The fourth-order valence-corrected chi connectivity index (χ4v) is 3.10. The topological polar surface area (TPSA) is 26.0 Å². The van der Waals surface area contributed by atoms with Gasteiger partial charge in [-0.15, -0.1) is 9.24 Å². The summed E-state index contributed by atoms with van der Waals surface area (Å²) in [7, 11) is 2.80. The second kappa shape index (κ2) is 4.71. The van der Waals surface area contributed by atoms with Gasteiger partial charge in [-0.2, -0.15) is 0 Å². The summed E-state index contributed by atoms with van der Waals surface area (Å²) in [4.78, 5) is 0. The number of benzene rings is 1. The van der Waals surface area contributed by atoms with Crippen LogP contribution in [0.4, 0.5) is 0 Å². The van der Waals surface area contributed by atoms with Crippen molar-refractivity contribution in [2.24, 2.45) is 11.1 Å². The molecule has 1 aromatic carbocycles. The summed E-state index contributed by atoms with van der Waals surface area (Å²) in [6, 6.07) is 8.90. The molecule has 1 unspecified atom stereocenters. The molecule has 1 aromatic rings. The number of nitrogens with two attached hydrogens (primary N) is 1. The Kier molecular flexibility index (Phi) is 3.61. The molecule has 0 bridgehead atoms. The maximum Gasteiger partial charge on any atom is -0.00232 e. The fourth-order valence-electron chi connectivity index (χ4n) is 2.81. The molecule has 0 spiro atoms. The molecule has 94 valence electrons. The van der Waals surface area contributed by atoms with Crippen LogP contribution in [-0.2, 0) is 5.41 Å². The van der Waals surface area contributed by atoms with Gasteiger partial charge >= 0.3 is 0 Å². The summed E-state index contributed by atoms with van der Waals surface area (Å²) in [6.45, 7) is 5.56. The minimum Gasteiger partial charge on any atom is -0.330 e. The molecular formula is C15H24NP. The highest BCUT2D eigenvalue weighted by atomic mass is 31.0. The van der Waals surface area contributed by atoms with Gasteiger partial charge in [0.25, 0.3) is 0 Å². The molecule has 0 heterocycles. The van der Waals surface area contributed by atoms with Crippen molar-refractivity contribution in [1.82, 2.24) is 0 Å². The highest BCUT2D eigenvalue weighted by molar-refractivity contribution is 7.27. The van der Waals surface area contributed by atoms with Gasteiger partial charge in [0.2, 0.25) is 0 Å². The third kappa shape index (κ3) is 2.72. The van der Waals surface area contributed by atoms with Crippen LogP contribution in [0.2, 0.25) is 0 Å². The van der Waals surface area contributed by atoms with Crippen LogP contribution in [0.25, 0.3) is 0 Å². The normalized spacial score (nSPS) is 33.6. The molecule has 1 saturated carbocycles. The number of hydrogen-bond acceptors (Lipinski definition) is 1. The van der Waals surface area contributed by atoms with Crippen LogP contribution >= 0.6 is 9.24 Å². The van der Waals surface area contributed by atoms with Crippen LogP contribution in [0.15, 0.2) is 24.3 Å². The van der Waals surface area contributed by atoms with Gasteiger partial charge in [-0.3, -0.25) is 0 Å². The average molecular weight is 249 g/mol. The van der Waals surface area contributed by atoms with E-state index in [0.29, 0.717) is 10.8 Å². The molecule has 1 fully saturated rings. The molecule has 0 amide bonds. The van der Waals surface area contributed by atoms with Crippen LogP contribution in [-0.4, -0.2) is 6.54 Å². The van der Waals surface area contributed by atoms with E-state index in [2.05, 4.69) is 47.4 Å². The minimum atomic E-state index is 0.348. The maximum absolute atomic E-state index is 5.89. The lowest BCUT2D eigenvalue weighted by Gasteiger charge is -2.43. The predicted molar refractivity (Wildman–Crippen MR) is 78.8 cm³/mol. The first kappa shape index (κ1) is 13.1. The Bertz CT molecular complexity index is 392. The molecule has 1 aliphatic carbocycles. The van der Waals surface area contributed by atoms with E-state index in [-0.39, 0.29) is 0 Å². The zero-order chi connectivity index (χ0) is 12.5. The Hall–Kier alpha value is -0.390. The van der Waals surface area contributed by atoms with E-state index >= 15 is 0 Å². The first-order valence-electron chi connectivity index (χ1n) is 6.54. The predicted octanol–water partition coefficient (Wildman–Crippen LogP) is 2.98. The van der Waals surface area contributed by atoms with Crippen LogP contribution in [0.3, 0.4) is 0 Å². The zero-order valence-electron chi connectivity index (χ0n) is 11.0. The molecular weight excluding hydrogens is 225 g/mol. The molecule has 0 radical (unpaired) electrons. The highest BCUT2D eigenvalue weighted by Crippen LogP contribution is 2.45. The molecule has 1 nitrogen and oxygen atoms in total. The van der Waals surface area contributed by atoms with Crippen molar-refractivity contribution < 1.29 is 0 Å². The van der Waals surface area contributed by atoms with E-state index in [1.807, 2.05) is 0 Å². The smallest absolute Gasteiger partial charge is 0.00232 e. The number of hydrogen-bond donors (Lipinski definition) is 1. The van der Waals surface area contributed by atoms with Gasteiger partial charge in [-0.1, -0.05) is 38.1 Å². The third-order valence-corrected chi connectivity index (χ3v) is 5.00. The molecule has 1 atom stereocenters. The van der Waals surface area contributed by atoms with Crippen molar-refractivity contribution in [3.8, 4) is 0 Å². The molecule has 0 aromatic heterocycles. The van der Waals surface area contributed by atoms with E-state index < -0.39 is 0 Å². The fraction of sp³-hybridized carbons (Fsp3) is 0.600. The van der Waals surface area contributed by atoms with Gasteiger partial charge in [0.05, 0.1) is 0 Å². The monoisotopic (exact) mass is 249 g/mol. The van der Waals surface area contributed by atoms with Crippen LogP contribution < -0.4 is 11.0 Å². The van der Waals surface area contributed by atoms with E-state index in [9.17, 15) is 0 Å². The lowest BCUT2D eigenvalue weighted by atomic mass is 9.63. The summed E-state index contributed by atoms with van der Waals surface area (Å²) >= 11 is 0. The molecule has 0 saturated heterocycles. The molecule has 2 rings (SSSR count). The summed E-state index contributed by atoms with van der Waals surface area (Å²) in [6.07, 6.45) is 5.02. The minimum absolute atomic E-state index is 0.348. The second-order valence-corrected chi connectivity index (χ2v) is 6.87. The van der Waals surface area contributed by atoms with Gasteiger partial charge in [-0.05, 0) is 53.9 Å². The molecule has 2 N–H and O–H groups in total.